The Bertz CT molecular complexity index is 704. The molecule has 140 valence electrons. The molecule has 4 aliphatic rings. The highest BCUT2D eigenvalue weighted by Gasteiger charge is 2.60. The molecule has 2 atom stereocenters. The SMILES string of the molecule is O=C(COC(=O)C12C[C@H]3C[C@@H](CC(Cl)(C3)C1)C2)NCc1ccc(Cl)cc1. The van der Waals surface area contributed by atoms with Crippen LogP contribution in [0.5, 0.6) is 0 Å². The van der Waals surface area contributed by atoms with Gasteiger partial charge in [-0.15, -0.1) is 11.6 Å². The number of hydrogen-bond donors (Lipinski definition) is 1. The average molecular weight is 396 g/mol. The number of carbonyl (C=O) groups is 2. The summed E-state index contributed by atoms with van der Waals surface area (Å²) in [5.74, 6) is 0.525. The average Bonchev–Trinajstić information content (AvgIpc) is 2.57. The van der Waals surface area contributed by atoms with Crippen LogP contribution in [0.3, 0.4) is 0 Å². The minimum absolute atomic E-state index is 0.236. The van der Waals surface area contributed by atoms with E-state index in [1.54, 1.807) is 12.1 Å². The van der Waals surface area contributed by atoms with Crippen molar-refractivity contribution in [2.45, 2.75) is 49.9 Å². The summed E-state index contributed by atoms with van der Waals surface area (Å²) in [6.07, 6.45) is 5.64. The molecule has 1 amide bonds. The van der Waals surface area contributed by atoms with Gasteiger partial charge in [-0.3, -0.25) is 9.59 Å². The molecule has 4 nitrogen and oxygen atoms in total. The van der Waals surface area contributed by atoms with Crippen molar-refractivity contribution < 1.29 is 14.3 Å². The molecule has 1 aromatic carbocycles. The third-order valence-corrected chi connectivity index (χ3v) is 6.85. The van der Waals surface area contributed by atoms with Crippen LogP contribution in [0, 0.1) is 17.3 Å². The fraction of sp³-hybridized carbons (Fsp3) is 0.600. The van der Waals surface area contributed by atoms with Crippen molar-refractivity contribution >= 4 is 35.1 Å². The number of esters is 1. The van der Waals surface area contributed by atoms with E-state index in [9.17, 15) is 9.59 Å². The fourth-order valence-electron chi connectivity index (χ4n) is 5.53. The number of hydrogen-bond acceptors (Lipinski definition) is 3. The van der Waals surface area contributed by atoms with Crippen LogP contribution in [0.15, 0.2) is 24.3 Å². The van der Waals surface area contributed by atoms with E-state index in [2.05, 4.69) is 5.32 Å². The number of halogens is 2. The van der Waals surface area contributed by atoms with Gasteiger partial charge in [0, 0.05) is 16.4 Å². The van der Waals surface area contributed by atoms with Gasteiger partial charge in [-0.05, 0) is 68.1 Å². The van der Waals surface area contributed by atoms with Crippen molar-refractivity contribution in [2.75, 3.05) is 6.61 Å². The van der Waals surface area contributed by atoms with Gasteiger partial charge in [-0.1, -0.05) is 23.7 Å². The van der Waals surface area contributed by atoms with E-state index >= 15 is 0 Å². The second kappa shape index (κ2) is 6.72. The Morgan fingerprint density at radius 1 is 1.12 bits per heavy atom. The van der Waals surface area contributed by atoms with Gasteiger partial charge in [-0.2, -0.15) is 0 Å². The van der Waals surface area contributed by atoms with Crippen LogP contribution >= 0.6 is 23.2 Å². The van der Waals surface area contributed by atoms with Crippen LogP contribution in [0.2, 0.25) is 5.02 Å². The predicted molar refractivity (Wildman–Crippen MR) is 100.0 cm³/mol. The Morgan fingerprint density at radius 3 is 2.38 bits per heavy atom. The van der Waals surface area contributed by atoms with E-state index < -0.39 is 5.41 Å². The number of alkyl halides is 1. The molecule has 4 bridgehead atoms. The first-order valence-corrected chi connectivity index (χ1v) is 9.99. The molecule has 0 saturated heterocycles. The number of rotatable bonds is 5. The van der Waals surface area contributed by atoms with E-state index in [4.69, 9.17) is 27.9 Å². The second-order valence-corrected chi connectivity index (χ2v) is 9.61. The van der Waals surface area contributed by atoms with Crippen LogP contribution in [0.25, 0.3) is 0 Å². The quantitative estimate of drug-likeness (QED) is 0.603. The Balaban J connectivity index is 1.30. The smallest absolute Gasteiger partial charge is 0.312 e. The van der Waals surface area contributed by atoms with Crippen LogP contribution in [0.1, 0.15) is 44.1 Å². The first-order chi connectivity index (χ1) is 12.4. The van der Waals surface area contributed by atoms with Gasteiger partial charge in [0.15, 0.2) is 6.61 Å². The zero-order valence-electron chi connectivity index (χ0n) is 14.6. The summed E-state index contributed by atoms with van der Waals surface area (Å²) in [6.45, 7) is 0.145. The molecule has 0 aromatic heterocycles. The maximum Gasteiger partial charge on any atom is 0.312 e. The monoisotopic (exact) mass is 395 g/mol. The third kappa shape index (κ3) is 3.59. The van der Waals surface area contributed by atoms with E-state index in [1.165, 1.54) is 6.42 Å². The van der Waals surface area contributed by atoms with E-state index in [0.717, 1.165) is 31.2 Å². The highest BCUT2D eigenvalue weighted by atomic mass is 35.5. The van der Waals surface area contributed by atoms with Crippen molar-refractivity contribution in [1.29, 1.82) is 0 Å². The summed E-state index contributed by atoms with van der Waals surface area (Å²) in [5.41, 5.74) is 0.474. The molecule has 6 heteroatoms. The van der Waals surface area contributed by atoms with Crippen LogP contribution in [-0.4, -0.2) is 23.4 Å². The Hall–Kier alpha value is -1.26. The molecule has 4 saturated carbocycles. The van der Waals surface area contributed by atoms with Gasteiger partial charge >= 0.3 is 5.97 Å². The number of carbonyl (C=O) groups excluding carboxylic acids is 2. The van der Waals surface area contributed by atoms with Crippen LogP contribution in [0.4, 0.5) is 0 Å². The predicted octanol–water partition coefficient (Wildman–Crippen LogP) is 4.08. The maximum absolute atomic E-state index is 12.8. The zero-order chi connectivity index (χ0) is 18.4. The summed E-state index contributed by atoms with van der Waals surface area (Å²) >= 11 is 12.6. The summed E-state index contributed by atoms with van der Waals surface area (Å²) in [7, 11) is 0. The second-order valence-electron chi connectivity index (χ2n) is 8.37. The number of nitrogens with one attached hydrogen (secondary N) is 1. The lowest BCUT2D eigenvalue weighted by Crippen LogP contribution is -2.56. The summed E-state index contributed by atoms with van der Waals surface area (Å²) < 4.78 is 5.41. The van der Waals surface area contributed by atoms with E-state index in [0.29, 0.717) is 29.8 Å². The van der Waals surface area contributed by atoms with Gasteiger partial charge in [0.05, 0.1) is 5.41 Å². The van der Waals surface area contributed by atoms with E-state index in [-0.39, 0.29) is 23.4 Å². The Morgan fingerprint density at radius 2 is 1.77 bits per heavy atom. The minimum Gasteiger partial charge on any atom is -0.455 e. The molecule has 0 unspecified atom stereocenters. The Labute approximate surface area is 163 Å². The number of amides is 1. The summed E-state index contributed by atoms with van der Waals surface area (Å²) in [5, 5.41) is 3.42. The number of ether oxygens (including phenoxy) is 1. The first-order valence-electron chi connectivity index (χ1n) is 9.23. The fourth-order valence-corrected chi connectivity index (χ4v) is 6.35. The highest BCUT2D eigenvalue weighted by molar-refractivity contribution is 6.30. The lowest BCUT2D eigenvalue weighted by molar-refractivity contribution is -0.171. The summed E-state index contributed by atoms with van der Waals surface area (Å²) in [4.78, 5) is 24.6. The van der Waals surface area contributed by atoms with Crippen molar-refractivity contribution in [3.05, 3.63) is 34.9 Å². The lowest BCUT2D eigenvalue weighted by atomic mass is 9.49. The van der Waals surface area contributed by atoms with Gasteiger partial charge in [0.1, 0.15) is 0 Å². The summed E-state index contributed by atoms with van der Waals surface area (Å²) in [6, 6.07) is 7.25. The third-order valence-electron chi connectivity index (χ3n) is 6.16. The van der Waals surface area contributed by atoms with Crippen molar-refractivity contribution in [1.82, 2.24) is 5.32 Å². The molecule has 0 heterocycles. The number of benzene rings is 1. The molecule has 0 spiro atoms. The molecular formula is C20H23Cl2NO3. The molecule has 1 aromatic rings. The minimum atomic E-state index is -0.470. The van der Waals surface area contributed by atoms with E-state index in [1.807, 2.05) is 12.1 Å². The Kier molecular flexibility index (Phi) is 4.68. The largest absolute Gasteiger partial charge is 0.455 e. The molecular weight excluding hydrogens is 373 g/mol. The van der Waals surface area contributed by atoms with Crippen molar-refractivity contribution in [3.63, 3.8) is 0 Å². The zero-order valence-corrected chi connectivity index (χ0v) is 16.1. The van der Waals surface area contributed by atoms with Gasteiger partial charge < -0.3 is 10.1 Å². The molecule has 0 radical (unpaired) electrons. The van der Waals surface area contributed by atoms with Gasteiger partial charge in [0.2, 0.25) is 0 Å². The van der Waals surface area contributed by atoms with Crippen LogP contribution < -0.4 is 5.32 Å². The molecule has 26 heavy (non-hydrogen) atoms. The highest BCUT2D eigenvalue weighted by Crippen LogP contribution is 2.64. The molecule has 4 fully saturated rings. The van der Waals surface area contributed by atoms with Gasteiger partial charge in [-0.25, -0.2) is 0 Å². The van der Waals surface area contributed by atoms with Crippen molar-refractivity contribution in [3.8, 4) is 0 Å². The van der Waals surface area contributed by atoms with Crippen LogP contribution in [-0.2, 0) is 20.9 Å². The topological polar surface area (TPSA) is 55.4 Å². The standard InChI is InChI=1S/C20H23Cl2NO3/c21-16-3-1-13(2-4-16)10-23-17(24)11-26-18(25)19-6-14-5-15(7-19)9-20(22,8-14)12-19/h1-4,14-15H,5-12H2,(H,23,24)/t14-,15-,19?,20?/m1/s1. The maximum atomic E-state index is 12.8. The molecule has 1 N–H and O–H groups in total. The molecule has 0 aliphatic heterocycles. The van der Waals surface area contributed by atoms with Crippen molar-refractivity contribution in [2.24, 2.45) is 17.3 Å². The van der Waals surface area contributed by atoms with Gasteiger partial charge in [0.25, 0.3) is 5.91 Å². The first kappa shape index (κ1) is 18.1. The normalized spacial score (nSPS) is 34.5. The lowest BCUT2D eigenvalue weighted by Gasteiger charge is -2.58. The molecule has 4 aliphatic carbocycles. The molecule has 5 rings (SSSR count).